The third kappa shape index (κ3) is 3.42. The molecule has 0 spiro atoms. The molecule has 2 unspecified atom stereocenters. The van der Waals surface area contributed by atoms with Gasteiger partial charge in [-0.3, -0.25) is 0 Å². The van der Waals surface area contributed by atoms with Gasteiger partial charge in [0, 0.05) is 5.41 Å². The van der Waals surface area contributed by atoms with Gasteiger partial charge in [-0.1, -0.05) is 92.5 Å². The number of ether oxygens (including phenoxy) is 1. The zero-order chi connectivity index (χ0) is 17.9. The summed E-state index contributed by atoms with van der Waals surface area (Å²) in [6, 6.07) is 15.4. The molecular weight excluding hydrogens is 320 g/mol. The van der Waals surface area contributed by atoms with E-state index in [1.165, 1.54) is 16.3 Å². The first-order valence-corrected chi connectivity index (χ1v) is 12.6. The van der Waals surface area contributed by atoms with Crippen molar-refractivity contribution in [3.63, 3.8) is 0 Å². The summed E-state index contributed by atoms with van der Waals surface area (Å²) in [7, 11) is -1.61. The van der Waals surface area contributed by atoms with Crippen molar-refractivity contribution in [2.45, 2.75) is 37.2 Å². The van der Waals surface area contributed by atoms with Crippen LogP contribution in [0.4, 0.5) is 0 Å². The summed E-state index contributed by atoms with van der Waals surface area (Å²) in [5, 5.41) is 2.62. The number of rotatable bonds is 6. The van der Waals surface area contributed by atoms with Gasteiger partial charge in [-0.05, 0) is 22.8 Å². The Kier molecular flexibility index (Phi) is 5.12. The second kappa shape index (κ2) is 7.15. The van der Waals surface area contributed by atoms with Crippen molar-refractivity contribution in [3.8, 4) is 0 Å². The van der Waals surface area contributed by atoms with E-state index in [0.29, 0.717) is 6.61 Å². The lowest BCUT2D eigenvalue weighted by Gasteiger charge is -2.45. The van der Waals surface area contributed by atoms with E-state index >= 15 is 0 Å². The predicted octanol–water partition coefficient (Wildman–Crippen LogP) is 6.04. The maximum Gasteiger partial charge on any atom is 0.0801 e. The lowest BCUT2D eigenvalue weighted by atomic mass is 9.74. The molecule has 2 aromatic carbocycles. The van der Waals surface area contributed by atoms with Gasteiger partial charge in [-0.2, -0.15) is 0 Å². The number of fused-ring (bicyclic) bond motifs is 1. The molecule has 0 fully saturated rings. The molecule has 1 nitrogen and oxygen atoms in total. The Balaban J connectivity index is 2.24. The maximum atomic E-state index is 6.46. The lowest BCUT2D eigenvalue weighted by Crippen LogP contribution is -2.54. The van der Waals surface area contributed by atoms with Crippen molar-refractivity contribution in [2.24, 2.45) is 0 Å². The molecule has 1 aliphatic carbocycles. The number of benzene rings is 2. The van der Waals surface area contributed by atoms with E-state index in [4.69, 9.17) is 4.74 Å². The van der Waals surface area contributed by atoms with Crippen molar-refractivity contribution < 1.29 is 4.74 Å². The quantitative estimate of drug-likeness (QED) is 0.456. The van der Waals surface area contributed by atoms with Crippen LogP contribution < -0.4 is 0 Å². The minimum Gasteiger partial charge on any atom is -0.376 e. The van der Waals surface area contributed by atoms with E-state index in [1.54, 1.807) is 0 Å². The number of allylic oxidation sites excluding steroid dienone is 3. The summed E-state index contributed by atoms with van der Waals surface area (Å²) < 4.78 is 6.46. The molecule has 0 aliphatic heterocycles. The van der Waals surface area contributed by atoms with E-state index in [1.807, 2.05) is 6.08 Å². The number of hydrogen-bond donors (Lipinski definition) is 0. The third-order valence-electron chi connectivity index (χ3n) is 5.02. The highest BCUT2D eigenvalue weighted by molar-refractivity contribution is 6.77. The first-order chi connectivity index (χ1) is 12.0. The maximum absolute atomic E-state index is 6.46. The first-order valence-electron chi connectivity index (χ1n) is 9.04. The van der Waals surface area contributed by atoms with Crippen LogP contribution in [0.5, 0.6) is 0 Å². The molecule has 2 heteroatoms. The van der Waals surface area contributed by atoms with Crippen molar-refractivity contribution >= 4 is 18.8 Å². The first kappa shape index (κ1) is 17.9. The topological polar surface area (TPSA) is 9.23 Å². The summed E-state index contributed by atoms with van der Waals surface area (Å²) in [5.74, 6) is 0. The van der Waals surface area contributed by atoms with Crippen LogP contribution in [0.3, 0.4) is 0 Å². The molecule has 3 rings (SSSR count). The Bertz CT molecular complexity index is 807. The highest BCUT2D eigenvalue weighted by Gasteiger charge is 2.46. The van der Waals surface area contributed by atoms with E-state index in [0.717, 1.165) is 6.42 Å². The van der Waals surface area contributed by atoms with Crippen LogP contribution in [0.25, 0.3) is 10.8 Å². The summed E-state index contributed by atoms with van der Waals surface area (Å²) in [6.07, 6.45) is 11.8. The van der Waals surface area contributed by atoms with Crippen LogP contribution in [0.2, 0.25) is 19.6 Å². The van der Waals surface area contributed by atoms with Crippen LogP contribution >= 0.6 is 0 Å². The zero-order valence-electron chi connectivity index (χ0n) is 15.5. The van der Waals surface area contributed by atoms with Crippen LogP contribution in [0, 0.1) is 0 Å². The molecule has 0 saturated carbocycles. The molecule has 0 heterocycles. The fourth-order valence-corrected chi connectivity index (χ4v) is 6.65. The molecule has 0 bridgehead atoms. The monoisotopic (exact) mass is 348 g/mol. The van der Waals surface area contributed by atoms with Crippen molar-refractivity contribution in [3.05, 3.63) is 85.0 Å². The highest BCUT2D eigenvalue weighted by Crippen LogP contribution is 2.44. The Hall–Kier alpha value is -1.90. The minimum absolute atomic E-state index is 0.122. The molecule has 0 saturated heterocycles. The zero-order valence-corrected chi connectivity index (χ0v) is 16.5. The van der Waals surface area contributed by atoms with Crippen LogP contribution in [-0.2, 0) is 10.2 Å². The summed E-state index contributed by atoms with van der Waals surface area (Å²) >= 11 is 0. The number of hydrogen-bond acceptors (Lipinski definition) is 1. The van der Waals surface area contributed by atoms with Gasteiger partial charge in [-0.25, -0.2) is 0 Å². The van der Waals surface area contributed by atoms with Crippen molar-refractivity contribution in [2.75, 3.05) is 6.61 Å². The van der Waals surface area contributed by atoms with E-state index in [-0.39, 0.29) is 11.1 Å². The summed E-state index contributed by atoms with van der Waals surface area (Å²) in [5.41, 5.74) is 1.44. The van der Waals surface area contributed by atoms with Gasteiger partial charge in [0.05, 0.1) is 20.4 Å². The van der Waals surface area contributed by atoms with Crippen LogP contribution in [-0.4, -0.2) is 20.4 Å². The summed E-state index contributed by atoms with van der Waals surface area (Å²) in [6.45, 7) is 11.7. The minimum atomic E-state index is -1.61. The fourth-order valence-electron chi connectivity index (χ4n) is 4.14. The Labute approximate surface area is 152 Å². The summed E-state index contributed by atoms with van der Waals surface area (Å²) in [4.78, 5) is 0. The molecule has 0 amide bonds. The largest absolute Gasteiger partial charge is 0.376 e. The second-order valence-corrected chi connectivity index (χ2v) is 13.2. The van der Waals surface area contributed by atoms with Crippen LogP contribution in [0.1, 0.15) is 12.0 Å². The molecule has 0 N–H and O–H groups in total. The molecule has 1 aliphatic rings. The Morgan fingerprint density at radius 2 is 1.88 bits per heavy atom. The third-order valence-corrected chi connectivity index (χ3v) is 7.28. The fraction of sp³-hybridized carbons (Fsp3) is 0.304. The van der Waals surface area contributed by atoms with Gasteiger partial charge in [0.15, 0.2) is 0 Å². The molecule has 2 aromatic rings. The van der Waals surface area contributed by atoms with Gasteiger partial charge in [0.2, 0.25) is 0 Å². The van der Waals surface area contributed by atoms with Gasteiger partial charge >= 0.3 is 0 Å². The second-order valence-electron chi connectivity index (χ2n) is 7.93. The molecule has 0 aromatic heterocycles. The highest BCUT2D eigenvalue weighted by atomic mass is 28.3. The van der Waals surface area contributed by atoms with E-state index in [2.05, 4.69) is 93.0 Å². The lowest BCUT2D eigenvalue weighted by molar-refractivity contribution is 0.0794. The van der Waals surface area contributed by atoms with Gasteiger partial charge in [0.1, 0.15) is 0 Å². The standard InChI is InChI=1S/C23H28OSi/c1-5-18-24-22(25(2,3)4)23(16-9-6-10-17-23)21-15-11-13-19-12-7-8-14-20(19)21/h5-16,22H,1,17-18H2,2-4H3. The SMILES string of the molecule is C=CCOC(C1(c2cccc3ccccc23)C=CC=CC1)[Si](C)(C)C. The van der Waals surface area contributed by atoms with Crippen molar-refractivity contribution in [1.82, 2.24) is 0 Å². The smallest absolute Gasteiger partial charge is 0.0801 e. The van der Waals surface area contributed by atoms with E-state index in [9.17, 15) is 0 Å². The van der Waals surface area contributed by atoms with Gasteiger partial charge in [0.25, 0.3) is 0 Å². The molecule has 130 valence electrons. The molecule has 2 atom stereocenters. The van der Waals surface area contributed by atoms with Crippen LogP contribution in [0.15, 0.2) is 79.4 Å². The average molecular weight is 349 g/mol. The van der Waals surface area contributed by atoms with Crippen molar-refractivity contribution in [1.29, 1.82) is 0 Å². The Morgan fingerprint density at radius 1 is 1.12 bits per heavy atom. The Morgan fingerprint density at radius 3 is 2.56 bits per heavy atom. The van der Waals surface area contributed by atoms with Gasteiger partial charge in [-0.15, -0.1) is 6.58 Å². The van der Waals surface area contributed by atoms with Gasteiger partial charge < -0.3 is 4.74 Å². The predicted molar refractivity (Wildman–Crippen MR) is 112 cm³/mol. The molecule has 0 radical (unpaired) electrons. The normalized spacial score (nSPS) is 21.4. The van der Waals surface area contributed by atoms with E-state index < -0.39 is 8.07 Å². The molecular formula is C23H28OSi. The average Bonchev–Trinajstić information content (AvgIpc) is 2.61. The molecule has 25 heavy (non-hydrogen) atoms.